The number of para-hydroxylation sites is 1. The van der Waals surface area contributed by atoms with Gasteiger partial charge < -0.3 is 10.6 Å². The number of carbonyl (C=O) groups excluding carboxylic acids is 2. The van der Waals surface area contributed by atoms with Crippen LogP contribution in [0.3, 0.4) is 0 Å². The van der Waals surface area contributed by atoms with Crippen molar-refractivity contribution in [1.82, 2.24) is 0 Å². The van der Waals surface area contributed by atoms with E-state index in [1.165, 1.54) is 5.56 Å². The lowest BCUT2D eigenvalue weighted by atomic mass is 10.1. The second-order valence-electron chi connectivity index (χ2n) is 8.76. The van der Waals surface area contributed by atoms with E-state index in [9.17, 15) is 9.59 Å². The van der Waals surface area contributed by atoms with E-state index in [2.05, 4.69) is 43.5 Å². The monoisotopic (exact) mass is 441 g/mol. The van der Waals surface area contributed by atoms with Gasteiger partial charge in [-0.3, -0.25) is 9.59 Å². The summed E-state index contributed by atoms with van der Waals surface area (Å²) in [7, 11) is -1.83. The molecule has 5 heteroatoms. The summed E-state index contributed by atoms with van der Waals surface area (Å²) in [5, 5.41) is 6.31. The van der Waals surface area contributed by atoms with Crippen LogP contribution in [0.1, 0.15) is 48.6 Å². The van der Waals surface area contributed by atoms with Crippen LogP contribution in [0.4, 0.5) is 11.4 Å². The van der Waals surface area contributed by atoms with E-state index in [0.29, 0.717) is 6.16 Å². The molecule has 0 aliphatic heterocycles. The van der Waals surface area contributed by atoms with Gasteiger partial charge in [-0.25, -0.2) is 0 Å². The molecule has 0 heterocycles. The average Bonchev–Trinajstić information content (AvgIpc) is 2.71. The largest absolute Gasteiger partial charge is 0.322 e. The van der Waals surface area contributed by atoms with Gasteiger partial charge in [0.25, 0.3) is 11.8 Å². The van der Waals surface area contributed by atoms with E-state index in [0.717, 1.165) is 46.0 Å². The number of benzene rings is 2. The lowest BCUT2D eigenvalue weighted by Crippen LogP contribution is -2.34. The molecule has 2 rings (SSSR count). The Morgan fingerprint density at radius 2 is 1.32 bits per heavy atom. The van der Waals surface area contributed by atoms with Gasteiger partial charge in [0.05, 0.1) is 12.3 Å². The fraction of sp³-hybridized carbons (Fsp3) is 0.462. The first-order valence-electron chi connectivity index (χ1n) is 11.1. The van der Waals surface area contributed by atoms with Gasteiger partial charge in [0.15, 0.2) is 0 Å². The van der Waals surface area contributed by atoms with Crippen LogP contribution < -0.4 is 10.6 Å². The predicted octanol–water partition coefficient (Wildman–Crippen LogP) is 6.25. The van der Waals surface area contributed by atoms with Crippen LogP contribution in [0.5, 0.6) is 0 Å². The Hall–Kier alpha value is -2.19. The van der Waals surface area contributed by atoms with E-state index in [-0.39, 0.29) is 17.5 Å². The van der Waals surface area contributed by atoms with Crippen LogP contribution in [-0.2, 0) is 9.59 Å². The number of hydrogen-bond acceptors (Lipinski definition) is 2. The molecule has 168 valence electrons. The summed E-state index contributed by atoms with van der Waals surface area (Å²) < 4.78 is 0. The summed E-state index contributed by atoms with van der Waals surface area (Å²) in [6.07, 6.45) is 2.16. The molecule has 0 aromatic heterocycles. The Morgan fingerprint density at radius 3 is 1.81 bits per heavy atom. The zero-order valence-electron chi connectivity index (χ0n) is 20.3. The van der Waals surface area contributed by atoms with Crippen molar-refractivity contribution in [3.8, 4) is 0 Å². The average molecular weight is 442 g/mol. The Bertz CT molecular complexity index is 921. The van der Waals surface area contributed by atoms with Gasteiger partial charge in [-0.15, -0.1) is 0 Å². The van der Waals surface area contributed by atoms with Crippen molar-refractivity contribution >= 4 is 30.5 Å². The van der Waals surface area contributed by atoms with Gasteiger partial charge in [0.1, 0.15) is 11.8 Å². The van der Waals surface area contributed by atoms with E-state index in [1.54, 1.807) is 0 Å². The third-order valence-corrected chi connectivity index (χ3v) is 11.9. The molecule has 1 atom stereocenters. The highest BCUT2D eigenvalue weighted by atomic mass is 31.2. The second kappa shape index (κ2) is 10.4. The van der Waals surface area contributed by atoms with Crippen LogP contribution in [0.25, 0.3) is 0 Å². The molecule has 2 aromatic carbocycles. The Kier molecular flexibility index (Phi) is 8.42. The fourth-order valence-corrected chi connectivity index (χ4v) is 7.94. The van der Waals surface area contributed by atoms with E-state index in [4.69, 9.17) is 0 Å². The van der Waals surface area contributed by atoms with Gasteiger partial charge >= 0.3 is 0 Å². The zero-order chi connectivity index (χ0) is 23.3. The highest BCUT2D eigenvalue weighted by molar-refractivity contribution is 7.78. The molecule has 0 fully saturated rings. The third kappa shape index (κ3) is 5.74. The number of aryl methyl sites for hydroxylation is 5. The Labute approximate surface area is 188 Å². The van der Waals surface area contributed by atoms with Crippen LogP contribution in [0.2, 0.25) is 0 Å². The fourth-order valence-electron chi connectivity index (χ4n) is 4.46. The third-order valence-electron chi connectivity index (χ3n) is 6.59. The van der Waals surface area contributed by atoms with Crippen LogP contribution in [0.15, 0.2) is 30.3 Å². The number of rotatable bonds is 8. The van der Waals surface area contributed by atoms with Crippen LogP contribution in [0, 0.1) is 34.6 Å². The van der Waals surface area contributed by atoms with Gasteiger partial charge in [-0.1, -0.05) is 35.9 Å². The first kappa shape index (κ1) is 25.1. The minimum Gasteiger partial charge on any atom is -0.322 e. The van der Waals surface area contributed by atoms with Crippen molar-refractivity contribution in [1.29, 1.82) is 0 Å². The quantitative estimate of drug-likeness (QED) is 0.476. The molecule has 2 amide bonds. The number of anilines is 2. The van der Waals surface area contributed by atoms with Crippen molar-refractivity contribution in [2.45, 2.75) is 61.0 Å². The number of hydrogen-bond donors (Lipinski definition) is 2. The maximum Gasteiger partial charge on any atom is 0.264 e. The summed E-state index contributed by atoms with van der Waals surface area (Å²) >= 11 is 0. The first-order chi connectivity index (χ1) is 14.5. The zero-order valence-corrected chi connectivity index (χ0v) is 21.2. The maximum atomic E-state index is 13.3. The standard InChI is InChI=1S/C26H37N2O2P/c1-9-31(10-2,16-23(29)27-24-18(4)12-11-13-19(24)5)22(8)26(30)28-25-20(6)14-17(3)15-21(25)7/h11-15,22H,9-10,16H2,1-8H3,(H-,27,28,29,30)/p+1. The van der Waals surface area contributed by atoms with Gasteiger partial charge in [0.2, 0.25) is 0 Å². The van der Waals surface area contributed by atoms with Gasteiger partial charge in [-0.05, 0) is 77.6 Å². The number of nitrogens with one attached hydrogen (secondary N) is 2. The van der Waals surface area contributed by atoms with Crippen LogP contribution in [-0.4, -0.2) is 36.0 Å². The molecular formula is C26H38N2O2P+. The molecule has 1 unspecified atom stereocenters. The molecular weight excluding hydrogens is 403 g/mol. The molecule has 0 aliphatic rings. The van der Waals surface area contributed by atoms with E-state index in [1.807, 2.05) is 52.8 Å². The van der Waals surface area contributed by atoms with Gasteiger partial charge in [-0.2, -0.15) is 0 Å². The van der Waals surface area contributed by atoms with Crippen molar-refractivity contribution in [3.63, 3.8) is 0 Å². The maximum absolute atomic E-state index is 13.3. The topological polar surface area (TPSA) is 58.2 Å². The number of carbonyl (C=O) groups is 2. The lowest BCUT2D eigenvalue weighted by Gasteiger charge is -2.30. The van der Waals surface area contributed by atoms with Crippen molar-refractivity contribution in [2.24, 2.45) is 0 Å². The minimum atomic E-state index is -1.83. The normalized spacial score (nSPS) is 12.4. The Morgan fingerprint density at radius 1 is 0.839 bits per heavy atom. The number of amides is 2. The highest BCUT2D eigenvalue weighted by Gasteiger charge is 2.46. The predicted molar refractivity (Wildman–Crippen MR) is 136 cm³/mol. The summed E-state index contributed by atoms with van der Waals surface area (Å²) in [4.78, 5) is 26.4. The molecule has 0 aliphatic carbocycles. The van der Waals surface area contributed by atoms with Crippen molar-refractivity contribution in [3.05, 3.63) is 58.1 Å². The highest BCUT2D eigenvalue weighted by Crippen LogP contribution is 2.62. The molecule has 0 bridgehead atoms. The summed E-state index contributed by atoms with van der Waals surface area (Å²) in [6.45, 7) is 16.4. The summed E-state index contributed by atoms with van der Waals surface area (Å²) in [6, 6.07) is 10.2. The van der Waals surface area contributed by atoms with Crippen molar-refractivity contribution in [2.75, 3.05) is 29.1 Å². The minimum absolute atomic E-state index is 0.0109. The van der Waals surface area contributed by atoms with Gasteiger partial charge in [0, 0.05) is 18.6 Å². The molecule has 0 spiro atoms. The van der Waals surface area contributed by atoms with Crippen molar-refractivity contribution < 1.29 is 9.59 Å². The van der Waals surface area contributed by atoms with Crippen LogP contribution >= 0.6 is 7.26 Å². The molecule has 31 heavy (non-hydrogen) atoms. The first-order valence-corrected chi connectivity index (χ1v) is 13.6. The lowest BCUT2D eigenvalue weighted by molar-refractivity contribution is -0.115. The molecule has 2 N–H and O–H groups in total. The smallest absolute Gasteiger partial charge is 0.264 e. The van der Waals surface area contributed by atoms with E-state index < -0.39 is 7.26 Å². The molecule has 0 radical (unpaired) electrons. The van der Waals surface area contributed by atoms with E-state index >= 15 is 0 Å². The molecule has 4 nitrogen and oxygen atoms in total. The second-order valence-corrected chi connectivity index (χ2v) is 13.6. The summed E-state index contributed by atoms with van der Waals surface area (Å²) in [5.41, 5.74) is 7.04. The molecule has 2 aromatic rings. The molecule has 0 saturated carbocycles. The Balaban J connectivity index is 2.22. The SMILES string of the molecule is CC[P+](CC)(CC(=O)Nc1c(C)cccc1C)C(C)C(=O)Nc1c(C)cc(C)cc1C. The molecule has 0 saturated heterocycles. The summed E-state index contributed by atoms with van der Waals surface area (Å²) in [5.74, 6) is 0.0312.